The van der Waals surface area contributed by atoms with Crippen LogP contribution in [-0.2, 0) is 0 Å². The predicted molar refractivity (Wildman–Crippen MR) is 50.5 cm³/mol. The molecule has 1 rings (SSSR count). The summed E-state index contributed by atoms with van der Waals surface area (Å²) in [5.41, 5.74) is -0.194. The van der Waals surface area contributed by atoms with Gasteiger partial charge in [0.25, 0.3) is 0 Å². The Hall–Kier alpha value is -0.770. The minimum atomic E-state index is -0.194. The summed E-state index contributed by atoms with van der Waals surface area (Å²) >= 11 is 0. The molecule has 0 bridgehead atoms. The lowest BCUT2D eigenvalue weighted by Gasteiger charge is -2.27. The Morgan fingerprint density at radius 3 is 2.46 bits per heavy atom. The summed E-state index contributed by atoms with van der Waals surface area (Å²) in [6, 6.07) is 0.0709. The van der Waals surface area contributed by atoms with Gasteiger partial charge in [0.05, 0.1) is 0 Å². The predicted octanol–water partition coefficient (Wildman–Crippen LogP) is 0.372. The third-order valence-electron chi connectivity index (χ3n) is 2.35. The highest BCUT2D eigenvalue weighted by atomic mass is 16.3. The Labute approximate surface area is 79.1 Å². The van der Waals surface area contributed by atoms with E-state index in [1.807, 2.05) is 13.8 Å². The molecule has 0 aliphatic carbocycles. The second-order valence-corrected chi connectivity index (χ2v) is 4.45. The van der Waals surface area contributed by atoms with Gasteiger partial charge in [-0.1, -0.05) is 13.8 Å². The number of carbonyl (C=O) groups excluding carboxylic acids is 1. The number of hydrogen-bond donors (Lipinski definition) is 1. The van der Waals surface area contributed by atoms with Crippen molar-refractivity contribution in [2.45, 2.75) is 13.8 Å². The fraction of sp³-hybridized carbons (Fsp3) is 0.889. The molecule has 0 atom stereocenters. The molecule has 4 nitrogen and oxygen atoms in total. The molecular formula is C9H18N2O2. The lowest BCUT2D eigenvalue weighted by atomic mass is 9.94. The minimum absolute atomic E-state index is 0.0709. The van der Waals surface area contributed by atoms with Crippen LogP contribution in [0.4, 0.5) is 4.79 Å². The van der Waals surface area contributed by atoms with Crippen molar-refractivity contribution in [1.82, 2.24) is 9.80 Å². The van der Waals surface area contributed by atoms with E-state index in [0.717, 1.165) is 13.1 Å². The number of carbonyl (C=O) groups is 1. The molecule has 0 unspecified atom stereocenters. The van der Waals surface area contributed by atoms with Gasteiger partial charge in [0.15, 0.2) is 0 Å². The van der Waals surface area contributed by atoms with E-state index in [0.29, 0.717) is 6.54 Å². The quantitative estimate of drug-likeness (QED) is 0.692. The lowest BCUT2D eigenvalue weighted by molar-refractivity contribution is 0.119. The fourth-order valence-electron chi connectivity index (χ4n) is 1.42. The number of nitrogens with zero attached hydrogens (tertiary/aromatic N) is 2. The average Bonchev–Trinajstić information content (AvgIpc) is 2.36. The maximum absolute atomic E-state index is 11.5. The number of amides is 2. The number of hydrogen-bond acceptors (Lipinski definition) is 2. The van der Waals surface area contributed by atoms with Crippen molar-refractivity contribution in [1.29, 1.82) is 0 Å². The van der Waals surface area contributed by atoms with Crippen molar-refractivity contribution in [3.63, 3.8) is 0 Å². The van der Waals surface area contributed by atoms with Crippen LogP contribution >= 0.6 is 0 Å². The van der Waals surface area contributed by atoms with Crippen molar-refractivity contribution in [2.75, 3.05) is 33.3 Å². The maximum Gasteiger partial charge on any atom is 0.319 e. The average molecular weight is 186 g/mol. The Morgan fingerprint density at radius 2 is 2.08 bits per heavy atom. The van der Waals surface area contributed by atoms with Gasteiger partial charge in [-0.3, -0.25) is 0 Å². The molecule has 4 heteroatoms. The minimum Gasteiger partial charge on any atom is -0.396 e. The van der Waals surface area contributed by atoms with E-state index < -0.39 is 0 Å². The van der Waals surface area contributed by atoms with Crippen molar-refractivity contribution in [2.24, 2.45) is 5.41 Å². The zero-order valence-corrected chi connectivity index (χ0v) is 8.58. The van der Waals surface area contributed by atoms with Gasteiger partial charge in [-0.05, 0) is 0 Å². The third-order valence-corrected chi connectivity index (χ3v) is 2.35. The van der Waals surface area contributed by atoms with Crippen LogP contribution in [0.15, 0.2) is 0 Å². The molecule has 0 radical (unpaired) electrons. The molecule has 1 saturated heterocycles. The van der Waals surface area contributed by atoms with E-state index in [1.54, 1.807) is 16.8 Å². The Morgan fingerprint density at radius 1 is 1.46 bits per heavy atom. The molecular weight excluding hydrogens is 168 g/mol. The van der Waals surface area contributed by atoms with Crippen molar-refractivity contribution in [3.05, 3.63) is 0 Å². The van der Waals surface area contributed by atoms with Crippen LogP contribution in [0.2, 0.25) is 0 Å². The number of rotatable bonds is 3. The summed E-state index contributed by atoms with van der Waals surface area (Å²) in [6.07, 6.45) is 0. The second kappa shape index (κ2) is 3.54. The van der Waals surface area contributed by atoms with E-state index in [1.165, 1.54) is 0 Å². The van der Waals surface area contributed by atoms with E-state index in [2.05, 4.69) is 0 Å². The lowest BCUT2D eigenvalue weighted by Crippen LogP contribution is -2.38. The van der Waals surface area contributed by atoms with Crippen LogP contribution in [0.1, 0.15) is 13.8 Å². The smallest absolute Gasteiger partial charge is 0.319 e. The number of aliphatic hydroxyl groups excluding tert-OH is 1. The molecule has 2 amide bonds. The molecule has 1 heterocycles. The summed E-state index contributed by atoms with van der Waals surface area (Å²) in [4.78, 5) is 15.0. The Balaban J connectivity index is 2.51. The van der Waals surface area contributed by atoms with Gasteiger partial charge in [-0.2, -0.15) is 0 Å². The first-order chi connectivity index (χ1) is 5.96. The molecule has 1 N–H and O–H groups in total. The molecule has 1 fully saturated rings. The molecule has 1 aliphatic heterocycles. The first-order valence-corrected chi connectivity index (χ1v) is 4.57. The maximum atomic E-state index is 11.5. The van der Waals surface area contributed by atoms with Crippen molar-refractivity contribution >= 4 is 6.03 Å². The molecule has 1 aliphatic rings. The highest BCUT2D eigenvalue weighted by Gasteiger charge is 2.30. The SMILES string of the molecule is CN1CCN(CC(C)(C)CO)C1=O. The van der Waals surface area contributed by atoms with Gasteiger partial charge < -0.3 is 14.9 Å². The number of aliphatic hydroxyl groups is 1. The second-order valence-electron chi connectivity index (χ2n) is 4.45. The van der Waals surface area contributed by atoms with Crippen LogP contribution < -0.4 is 0 Å². The zero-order valence-electron chi connectivity index (χ0n) is 8.58. The standard InChI is InChI=1S/C9H18N2O2/c1-9(2,7-12)6-11-5-4-10(3)8(11)13/h12H,4-7H2,1-3H3. The molecule has 0 aromatic carbocycles. The normalized spacial score (nSPS) is 18.6. The van der Waals surface area contributed by atoms with Gasteiger partial charge in [0.2, 0.25) is 0 Å². The van der Waals surface area contributed by atoms with Crippen LogP contribution in [0.3, 0.4) is 0 Å². The Kier molecular flexibility index (Phi) is 2.81. The van der Waals surface area contributed by atoms with E-state index in [9.17, 15) is 4.79 Å². The van der Waals surface area contributed by atoms with Gasteiger partial charge in [-0.25, -0.2) is 4.79 Å². The summed E-state index contributed by atoms with van der Waals surface area (Å²) in [5.74, 6) is 0. The first kappa shape index (κ1) is 10.3. The Bertz CT molecular complexity index is 204. The highest BCUT2D eigenvalue weighted by molar-refractivity contribution is 5.76. The van der Waals surface area contributed by atoms with Gasteiger partial charge >= 0.3 is 6.03 Å². The largest absolute Gasteiger partial charge is 0.396 e. The molecule has 0 aromatic heterocycles. The summed E-state index contributed by atoms with van der Waals surface area (Å²) < 4.78 is 0. The number of urea groups is 1. The summed E-state index contributed by atoms with van der Waals surface area (Å²) in [5, 5.41) is 9.05. The molecule has 0 aromatic rings. The first-order valence-electron chi connectivity index (χ1n) is 4.57. The van der Waals surface area contributed by atoms with Crippen LogP contribution in [-0.4, -0.2) is 54.2 Å². The third kappa shape index (κ3) is 2.34. The van der Waals surface area contributed by atoms with Gasteiger partial charge in [-0.15, -0.1) is 0 Å². The van der Waals surface area contributed by atoms with Crippen LogP contribution in [0.25, 0.3) is 0 Å². The summed E-state index contributed by atoms with van der Waals surface area (Å²) in [7, 11) is 1.80. The molecule has 0 spiro atoms. The topological polar surface area (TPSA) is 43.8 Å². The van der Waals surface area contributed by atoms with Crippen LogP contribution in [0, 0.1) is 5.41 Å². The highest BCUT2D eigenvalue weighted by Crippen LogP contribution is 2.18. The molecule has 76 valence electrons. The molecule has 13 heavy (non-hydrogen) atoms. The molecule has 0 saturated carbocycles. The van der Waals surface area contributed by atoms with Gasteiger partial charge in [0.1, 0.15) is 0 Å². The monoisotopic (exact) mass is 186 g/mol. The van der Waals surface area contributed by atoms with E-state index in [-0.39, 0.29) is 18.1 Å². The van der Waals surface area contributed by atoms with E-state index in [4.69, 9.17) is 5.11 Å². The van der Waals surface area contributed by atoms with Crippen molar-refractivity contribution in [3.8, 4) is 0 Å². The van der Waals surface area contributed by atoms with Crippen LogP contribution in [0.5, 0.6) is 0 Å². The van der Waals surface area contributed by atoms with Gasteiger partial charge in [0, 0.05) is 38.7 Å². The fourth-order valence-corrected chi connectivity index (χ4v) is 1.42. The van der Waals surface area contributed by atoms with Crippen molar-refractivity contribution < 1.29 is 9.90 Å². The number of likely N-dealkylation sites (N-methyl/N-ethyl adjacent to an activating group) is 1. The van der Waals surface area contributed by atoms with E-state index >= 15 is 0 Å². The zero-order chi connectivity index (χ0) is 10.1. The summed E-state index contributed by atoms with van der Waals surface area (Å²) in [6.45, 7) is 6.23.